The zero-order chi connectivity index (χ0) is 26.9. The number of oxazole rings is 1. The van der Waals surface area contributed by atoms with Gasteiger partial charge in [-0.1, -0.05) is 11.2 Å². The van der Waals surface area contributed by atoms with Crippen molar-refractivity contribution in [1.82, 2.24) is 15.1 Å². The van der Waals surface area contributed by atoms with E-state index >= 15 is 4.39 Å². The second-order valence-corrected chi connectivity index (χ2v) is 9.53. The third-order valence-corrected chi connectivity index (χ3v) is 5.60. The van der Waals surface area contributed by atoms with Crippen molar-refractivity contribution in [1.29, 1.82) is 0 Å². The first kappa shape index (κ1) is 24.9. The van der Waals surface area contributed by atoms with Crippen LogP contribution in [0, 0.1) is 5.82 Å². The third kappa shape index (κ3) is 5.33. The van der Waals surface area contributed by atoms with Gasteiger partial charge in [0.15, 0.2) is 18.0 Å². The molecule has 0 saturated carbocycles. The number of hydrogen-bond donors (Lipinski definition) is 0. The highest BCUT2D eigenvalue weighted by Gasteiger charge is 2.37. The maximum absolute atomic E-state index is 15.1. The monoisotopic (exact) mass is 521 g/mol. The summed E-state index contributed by atoms with van der Waals surface area (Å²) in [7, 11) is 0. The Morgan fingerprint density at radius 3 is 2.68 bits per heavy atom. The molecule has 12 heteroatoms. The first-order chi connectivity index (χ1) is 18.2. The van der Waals surface area contributed by atoms with E-state index in [4.69, 9.17) is 18.4 Å². The maximum atomic E-state index is 15.1. The molecule has 4 heterocycles. The van der Waals surface area contributed by atoms with Crippen molar-refractivity contribution in [3.05, 3.63) is 67.3 Å². The van der Waals surface area contributed by atoms with E-state index in [0.717, 1.165) is 0 Å². The molecule has 1 aliphatic heterocycles. The number of cyclic esters (lactones) is 1. The van der Waals surface area contributed by atoms with E-state index in [9.17, 15) is 9.59 Å². The SMILES string of the molecule is CC(C)(C)OC(=O)N(C[C@H]1CN(c2ccc(-c3ccc(-c4cnco4)nc3)c(F)c2)C(=O)O1)c1ccon1. The van der Waals surface area contributed by atoms with Gasteiger partial charge in [-0.2, -0.15) is 0 Å². The number of anilines is 2. The summed E-state index contributed by atoms with van der Waals surface area (Å²) in [6.45, 7) is 5.27. The van der Waals surface area contributed by atoms with Gasteiger partial charge in [-0.15, -0.1) is 0 Å². The zero-order valence-corrected chi connectivity index (χ0v) is 20.8. The Bertz CT molecular complexity index is 1420. The molecule has 5 rings (SSSR count). The summed E-state index contributed by atoms with van der Waals surface area (Å²) >= 11 is 0. The number of hydrogen-bond acceptors (Lipinski definition) is 9. The van der Waals surface area contributed by atoms with Crippen LogP contribution < -0.4 is 9.80 Å². The summed E-state index contributed by atoms with van der Waals surface area (Å²) in [5.41, 5.74) is 1.01. The molecule has 3 aromatic heterocycles. The average molecular weight is 522 g/mol. The van der Waals surface area contributed by atoms with Crippen molar-refractivity contribution < 1.29 is 32.4 Å². The molecule has 4 aromatic rings. The Morgan fingerprint density at radius 2 is 2.05 bits per heavy atom. The number of rotatable bonds is 6. The van der Waals surface area contributed by atoms with Crippen LogP contribution in [0.4, 0.5) is 25.5 Å². The van der Waals surface area contributed by atoms with Gasteiger partial charge in [-0.05, 0) is 45.0 Å². The Labute approximate surface area is 216 Å². The summed E-state index contributed by atoms with van der Waals surface area (Å²) in [6, 6.07) is 9.37. The van der Waals surface area contributed by atoms with Crippen molar-refractivity contribution in [2.45, 2.75) is 32.5 Å². The van der Waals surface area contributed by atoms with Gasteiger partial charge in [0.2, 0.25) is 0 Å². The van der Waals surface area contributed by atoms with Gasteiger partial charge in [0.25, 0.3) is 0 Å². The van der Waals surface area contributed by atoms with Crippen LogP contribution in [-0.2, 0) is 9.47 Å². The Balaban J connectivity index is 1.30. The standard InChI is InChI=1S/C26H24FN5O6/c1-26(2,3)38-25(34)32(23-8-9-36-30-23)14-18-13-31(24(33)37-18)17-5-6-19(20(27)10-17)16-4-7-21(29-11-16)22-12-28-15-35-22/h4-12,15,18H,13-14H2,1-3H3/t18-/m1/s1. The molecule has 0 radical (unpaired) electrons. The highest BCUT2D eigenvalue weighted by atomic mass is 19.1. The van der Waals surface area contributed by atoms with Crippen LogP contribution in [0.25, 0.3) is 22.6 Å². The molecule has 1 saturated heterocycles. The largest absolute Gasteiger partial charge is 0.443 e. The minimum Gasteiger partial charge on any atom is -0.443 e. The fourth-order valence-electron chi connectivity index (χ4n) is 3.90. The molecule has 1 fully saturated rings. The van der Waals surface area contributed by atoms with Gasteiger partial charge in [0.1, 0.15) is 29.5 Å². The lowest BCUT2D eigenvalue weighted by atomic mass is 10.1. The smallest absolute Gasteiger partial charge is 0.416 e. The summed E-state index contributed by atoms with van der Waals surface area (Å²) in [4.78, 5) is 36.1. The van der Waals surface area contributed by atoms with E-state index in [1.807, 2.05) is 0 Å². The molecular formula is C26H24FN5O6. The van der Waals surface area contributed by atoms with E-state index in [1.165, 1.54) is 47.0 Å². The molecule has 38 heavy (non-hydrogen) atoms. The molecule has 2 amide bonds. The summed E-state index contributed by atoms with van der Waals surface area (Å²) in [6.07, 6.45) is 3.65. The number of carbonyl (C=O) groups is 2. The number of ether oxygens (including phenoxy) is 2. The highest BCUT2D eigenvalue weighted by Crippen LogP contribution is 2.30. The number of amides is 2. The Morgan fingerprint density at radius 1 is 1.21 bits per heavy atom. The van der Waals surface area contributed by atoms with E-state index in [0.29, 0.717) is 28.3 Å². The van der Waals surface area contributed by atoms with Crippen molar-refractivity contribution in [3.63, 3.8) is 0 Å². The van der Waals surface area contributed by atoms with Crippen LogP contribution in [0.15, 0.2) is 70.4 Å². The maximum Gasteiger partial charge on any atom is 0.416 e. The predicted octanol–water partition coefficient (Wildman–Crippen LogP) is 5.30. The number of benzene rings is 1. The first-order valence-corrected chi connectivity index (χ1v) is 11.7. The van der Waals surface area contributed by atoms with Crippen molar-refractivity contribution in [2.24, 2.45) is 0 Å². The number of carbonyl (C=O) groups excluding carboxylic acids is 2. The van der Waals surface area contributed by atoms with Crippen LogP contribution in [0.2, 0.25) is 0 Å². The lowest BCUT2D eigenvalue weighted by Crippen LogP contribution is -2.42. The minimum absolute atomic E-state index is 0.0343. The fourth-order valence-corrected chi connectivity index (χ4v) is 3.90. The number of halogens is 1. The molecule has 0 aliphatic carbocycles. The van der Waals surface area contributed by atoms with Crippen LogP contribution in [-0.4, -0.2) is 52.1 Å². The van der Waals surface area contributed by atoms with Gasteiger partial charge in [0.05, 0.1) is 25.0 Å². The van der Waals surface area contributed by atoms with Gasteiger partial charge >= 0.3 is 12.2 Å². The summed E-state index contributed by atoms with van der Waals surface area (Å²) < 4.78 is 36.1. The van der Waals surface area contributed by atoms with E-state index in [2.05, 4.69) is 15.1 Å². The van der Waals surface area contributed by atoms with Gasteiger partial charge in [0, 0.05) is 23.4 Å². The Hall–Kier alpha value is -4.74. The van der Waals surface area contributed by atoms with Crippen LogP contribution in [0.1, 0.15) is 20.8 Å². The molecule has 1 aliphatic rings. The molecule has 1 atom stereocenters. The van der Waals surface area contributed by atoms with E-state index in [-0.39, 0.29) is 18.9 Å². The fraction of sp³-hybridized carbons (Fsp3) is 0.269. The third-order valence-electron chi connectivity index (χ3n) is 5.60. The predicted molar refractivity (Wildman–Crippen MR) is 133 cm³/mol. The second-order valence-electron chi connectivity index (χ2n) is 9.53. The van der Waals surface area contributed by atoms with Crippen molar-refractivity contribution in [3.8, 4) is 22.6 Å². The van der Waals surface area contributed by atoms with Gasteiger partial charge in [-0.3, -0.25) is 14.8 Å². The number of pyridine rings is 1. The number of nitrogens with zero attached hydrogens (tertiary/aromatic N) is 5. The van der Waals surface area contributed by atoms with Crippen LogP contribution in [0.3, 0.4) is 0 Å². The molecular weight excluding hydrogens is 497 g/mol. The van der Waals surface area contributed by atoms with Crippen molar-refractivity contribution in [2.75, 3.05) is 22.9 Å². The molecule has 196 valence electrons. The van der Waals surface area contributed by atoms with E-state index < -0.39 is 29.7 Å². The Kier molecular flexibility index (Phi) is 6.53. The lowest BCUT2D eigenvalue weighted by molar-refractivity contribution is 0.0556. The van der Waals surface area contributed by atoms with Crippen LogP contribution in [0.5, 0.6) is 0 Å². The van der Waals surface area contributed by atoms with Crippen molar-refractivity contribution >= 4 is 23.7 Å². The summed E-state index contributed by atoms with van der Waals surface area (Å²) in [5, 5.41) is 3.81. The molecule has 0 N–H and O–H groups in total. The van der Waals surface area contributed by atoms with Crippen LogP contribution >= 0.6 is 0 Å². The first-order valence-electron chi connectivity index (χ1n) is 11.7. The topological polar surface area (TPSA) is 124 Å². The summed E-state index contributed by atoms with van der Waals surface area (Å²) in [5.74, 6) is 0.182. The molecule has 0 spiro atoms. The van der Waals surface area contributed by atoms with Gasteiger partial charge < -0.3 is 18.4 Å². The molecule has 0 unspecified atom stereocenters. The normalized spacial score (nSPS) is 15.4. The highest BCUT2D eigenvalue weighted by molar-refractivity contribution is 5.91. The lowest BCUT2D eigenvalue weighted by Gasteiger charge is -2.26. The van der Waals surface area contributed by atoms with E-state index in [1.54, 1.807) is 45.0 Å². The zero-order valence-electron chi connectivity index (χ0n) is 20.8. The van der Waals surface area contributed by atoms with Gasteiger partial charge in [-0.25, -0.2) is 19.0 Å². The molecule has 0 bridgehead atoms. The second kappa shape index (κ2) is 9.96. The molecule has 11 nitrogen and oxygen atoms in total. The number of aromatic nitrogens is 3. The molecule has 1 aromatic carbocycles. The average Bonchev–Trinajstić information content (AvgIpc) is 3.64. The minimum atomic E-state index is -0.747. The quantitative estimate of drug-likeness (QED) is 0.332.